The summed E-state index contributed by atoms with van der Waals surface area (Å²) >= 11 is 0. The van der Waals surface area contributed by atoms with E-state index >= 15 is 0 Å². The number of hydrogen-bond acceptors (Lipinski definition) is 3. The highest BCUT2D eigenvalue weighted by molar-refractivity contribution is 5.74. The second-order valence-corrected chi connectivity index (χ2v) is 5.27. The van der Waals surface area contributed by atoms with Crippen molar-refractivity contribution in [2.45, 2.75) is 20.3 Å². The Hall–Kier alpha value is -2.56. The summed E-state index contributed by atoms with van der Waals surface area (Å²) in [6.45, 7) is 5.46. The Kier molecular flexibility index (Phi) is 6.41. The van der Waals surface area contributed by atoms with Gasteiger partial charge in [-0.1, -0.05) is 17.7 Å². The molecule has 5 nitrogen and oxygen atoms in total. The number of carbonyl (C=O) groups excluding carboxylic acids is 1. The molecule has 0 fully saturated rings. The lowest BCUT2D eigenvalue weighted by Crippen LogP contribution is -2.42. The summed E-state index contributed by atoms with van der Waals surface area (Å²) in [4.78, 5) is 17.9. The fourth-order valence-electron chi connectivity index (χ4n) is 2.14. The Balaban J connectivity index is 1.75. The summed E-state index contributed by atoms with van der Waals surface area (Å²) < 4.78 is 5.52. The average molecular weight is 313 g/mol. The van der Waals surface area contributed by atoms with Crippen molar-refractivity contribution in [1.82, 2.24) is 15.2 Å². The Morgan fingerprint density at radius 1 is 1.17 bits per heavy atom. The quantitative estimate of drug-likeness (QED) is 0.800. The van der Waals surface area contributed by atoms with E-state index in [0.29, 0.717) is 13.1 Å². The first-order chi connectivity index (χ1) is 11.2. The number of ether oxygens (including phenoxy) is 1. The molecule has 0 bridgehead atoms. The summed E-state index contributed by atoms with van der Waals surface area (Å²) in [7, 11) is 0. The van der Waals surface area contributed by atoms with Crippen LogP contribution in [0.5, 0.6) is 5.75 Å². The van der Waals surface area contributed by atoms with Gasteiger partial charge in [0.15, 0.2) is 6.73 Å². The fraction of sp³-hybridized carbons (Fsp3) is 0.333. The van der Waals surface area contributed by atoms with Gasteiger partial charge >= 0.3 is 6.03 Å². The van der Waals surface area contributed by atoms with Crippen LogP contribution in [0.1, 0.15) is 18.1 Å². The molecule has 0 spiro atoms. The lowest BCUT2D eigenvalue weighted by molar-refractivity contribution is 0.187. The molecule has 0 atom stereocenters. The first-order valence-corrected chi connectivity index (χ1v) is 7.80. The van der Waals surface area contributed by atoms with Crippen LogP contribution in [0.3, 0.4) is 0 Å². The number of aryl methyl sites for hydroxylation is 1. The predicted molar refractivity (Wildman–Crippen MR) is 90.4 cm³/mol. The molecule has 0 aliphatic carbocycles. The Bertz CT molecular complexity index is 599. The van der Waals surface area contributed by atoms with E-state index in [-0.39, 0.29) is 12.8 Å². The summed E-state index contributed by atoms with van der Waals surface area (Å²) in [5, 5.41) is 2.79. The van der Waals surface area contributed by atoms with E-state index in [1.54, 1.807) is 17.3 Å². The van der Waals surface area contributed by atoms with Crippen LogP contribution in [0.25, 0.3) is 0 Å². The normalized spacial score (nSPS) is 10.2. The Morgan fingerprint density at radius 2 is 1.87 bits per heavy atom. The maximum atomic E-state index is 12.2. The van der Waals surface area contributed by atoms with E-state index in [0.717, 1.165) is 12.2 Å². The largest absolute Gasteiger partial charge is 0.473 e. The first kappa shape index (κ1) is 16.8. The molecule has 2 aromatic rings. The van der Waals surface area contributed by atoms with Gasteiger partial charge in [-0.15, -0.1) is 0 Å². The van der Waals surface area contributed by atoms with Gasteiger partial charge in [0.05, 0.1) is 0 Å². The summed E-state index contributed by atoms with van der Waals surface area (Å²) in [6.07, 6.45) is 4.34. The predicted octanol–water partition coefficient (Wildman–Crippen LogP) is 3.00. The minimum atomic E-state index is -0.117. The Labute approximate surface area is 137 Å². The van der Waals surface area contributed by atoms with E-state index in [4.69, 9.17) is 4.74 Å². The second-order valence-electron chi connectivity index (χ2n) is 5.27. The summed E-state index contributed by atoms with van der Waals surface area (Å²) in [6, 6.07) is 11.5. The molecule has 2 rings (SSSR count). The van der Waals surface area contributed by atoms with Crippen LogP contribution in [0.4, 0.5) is 4.79 Å². The van der Waals surface area contributed by atoms with Crippen molar-refractivity contribution in [2.75, 3.05) is 19.8 Å². The van der Waals surface area contributed by atoms with Gasteiger partial charge in [0.25, 0.3) is 0 Å². The number of nitrogens with one attached hydrogen (secondary N) is 1. The lowest BCUT2D eigenvalue weighted by atomic mass is 10.2. The van der Waals surface area contributed by atoms with Crippen LogP contribution in [0.2, 0.25) is 0 Å². The number of carbonyl (C=O) groups is 1. The number of likely N-dealkylation sites (N-methyl/N-ethyl adjacent to an activating group) is 1. The van der Waals surface area contributed by atoms with E-state index in [9.17, 15) is 4.79 Å². The van der Waals surface area contributed by atoms with Gasteiger partial charge < -0.3 is 15.0 Å². The third-order valence-electron chi connectivity index (χ3n) is 3.57. The third-order valence-corrected chi connectivity index (χ3v) is 3.57. The van der Waals surface area contributed by atoms with Crippen LogP contribution < -0.4 is 10.1 Å². The maximum Gasteiger partial charge on any atom is 0.320 e. The average Bonchev–Trinajstić information content (AvgIpc) is 2.58. The monoisotopic (exact) mass is 313 g/mol. The minimum absolute atomic E-state index is 0.117. The number of hydrogen-bond donors (Lipinski definition) is 1. The van der Waals surface area contributed by atoms with Crippen molar-refractivity contribution >= 4 is 6.03 Å². The number of aromatic nitrogens is 1. The molecule has 0 saturated heterocycles. The molecule has 1 N–H and O–H groups in total. The molecule has 1 aromatic heterocycles. The highest BCUT2D eigenvalue weighted by atomic mass is 16.5. The van der Waals surface area contributed by atoms with Gasteiger partial charge in [-0.05, 0) is 50.1 Å². The summed E-state index contributed by atoms with van der Waals surface area (Å²) in [5.41, 5.74) is 2.34. The van der Waals surface area contributed by atoms with E-state index in [1.807, 2.05) is 50.2 Å². The highest BCUT2D eigenvalue weighted by Gasteiger charge is 2.10. The zero-order valence-corrected chi connectivity index (χ0v) is 13.7. The van der Waals surface area contributed by atoms with Gasteiger partial charge in [0, 0.05) is 25.5 Å². The van der Waals surface area contributed by atoms with Crippen LogP contribution >= 0.6 is 0 Å². The highest BCUT2D eigenvalue weighted by Crippen LogP contribution is 2.10. The van der Waals surface area contributed by atoms with Crippen molar-refractivity contribution in [1.29, 1.82) is 0 Å². The molecular formula is C18H23N3O2. The topological polar surface area (TPSA) is 54.5 Å². The van der Waals surface area contributed by atoms with Crippen molar-refractivity contribution in [2.24, 2.45) is 0 Å². The van der Waals surface area contributed by atoms with Gasteiger partial charge in [-0.3, -0.25) is 4.98 Å². The first-order valence-electron chi connectivity index (χ1n) is 7.80. The molecule has 0 saturated carbocycles. The molecule has 1 heterocycles. The third kappa shape index (κ3) is 5.62. The van der Waals surface area contributed by atoms with Crippen molar-refractivity contribution < 1.29 is 9.53 Å². The number of benzene rings is 1. The molecule has 2 amide bonds. The second kappa shape index (κ2) is 8.78. The standard InChI is InChI=1S/C18H23N3O2/c1-3-21(13-10-16-8-11-19-12-9-16)18(22)20-14-23-17-6-4-15(2)5-7-17/h4-9,11-12H,3,10,13-14H2,1-2H3,(H,20,22). The van der Waals surface area contributed by atoms with Gasteiger partial charge in [0.1, 0.15) is 5.75 Å². The van der Waals surface area contributed by atoms with Crippen molar-refractivity contribution in [3.05, 3.63) is 59.9 Å². The van der Waals surface area contributed by atoms with Gasteiger partial charge in [0.2, 0.25) is 0 Å². The lowest BCUT2D eigenvalue weighted by Gasteiger charge is -2.21. The fourth-order valence-corrected chi connectivity index (χ4v) is 2.14. The van der Waals surface area contributed by atoms with Crippen molar-refractivity contribution in [3.63, 3.8) is 0 Å². The molecular weight excluding hydrogens is 290 g/mol. The zero-order valence-electron chi connectivity index (χ0n) is 13.7. The number of nitrogens with zero attached hydrogens (tertiary/aromatic N) is 2. The molecule has 1 aromatic carbocycles. The summed E-state index contributed by atoms with van der Waals surface area (Å²) in [5.74, 6) is 0.746. The van der Waals surface area contributed by atoms with Crippen LogP contribution in [0.15, 0.2) is 48.8 Å². The molecule has 23 heavy (non-hydrogen) atoms. The molecule has 0 unspecified atom stereocenters. The van der Waals surface area contributed by atoms with E-state index in [1.165, 1.54) is 11.1 Å². The number of pyridine rings is 1. The van der Waals surface area contributed by atoms with E-state index in [2.05, 4.69) is 10.3 Å². The molecule has 0 aliphatic rings. The maximum absolute atomic E-state index is 12.2. The molecule has 122 valence electrons. The zero-order chi connectivity index (χ0) is 16.5. The number of urea groups is 1. The van der Waals surface area contributed by atoms with Gasteiger partial charge in [-0.2, -0.15) is 0 Å². The molecule has 0 aliphatic heterocycles. The smallest absolute Gasteiger partial charge is 0.320 e. The molecule has 0 radical (unpaired) electrons. The SMILES string of the molecule is CCN(CCc1ccncc1)C(=O)NCOc1ccc(C)cc1. The van der Waals surface area contributed by atoms with Crippen LogP contribution in [0, 0.1) is 6.92 Å². The Morgan fingerprint density at radius 3 is 2.52 bits per heavy atom. The van der Waals surface area contributed by atoms with Crippen LogP contribution in [-0.2, 0) is 6.42 Å². The number of rotatable bonds is 7. The van der Waals surface area contributed by atoms with Crippen molar-refractivity contribution in [3.8, 4) is 5.75 Å². The minimum Gasteiger partial charge on any atom is -0.473 e. The van der Waals surface area contributed by atoms with Crippen LogP contribution in [-0.4, -0.2) is 35.7 Å². The number of amides is 2. The van der Waals surface area contributed by atoms with Gasteiger partial charge in [-0.25, -0.2) is 4.79 Å². The van der Waals surface area contributed by atoms with E-state index < -0.39 is 0 Å². The molecule has 5 heteroatoms.